The van der Waals surface area contributed by atoms with Gasteiger partial charge in [0.2, 0.25) is 0 Å². The molecule has 0 aliphatic heterocycles. The van der Waals surface area contributed by atoms with Crippen LogP contribution in [-0.4, -0.2) is 15.8 Å². The number of ketones is 1. The highest BCUT2D eigenvalue weighted by molar-refractivity contribution is 9.10. The maximum Gasteiger partial charge on any atom is 0.168 e. The molecule has 0 aliphatic rings. The third kappa shape index (κ3) is 4.28. The van der Waals surface area contributed by atoms with Crippen molar-refractivity contribution in [3.8, 4) is 6.07 Å². The van der Waals surface area contributed by atoms with Crippen molar-refractivity contribution in [3.63, 3.8) is 0 Å². The van der Waals surface area contributed by atoms with Crippen LogP contribution in [-0.2, 0) is 19.3 Å². The molecule has 142 valence electrons. The van der Waals surface area contributed by atoms with Gasteiger partial charge >= 0.3 is 0 Å². The van der Waals surface area contributed by atoms with E-state index < -0.39 is 0 Å². The van der Waals surface area contributed by atoms with Gasteiger partial charge in [0.05, 0.1) is 11.6 Å². The fourth-order valence-electron chi connectivity index (χ4n) is 3.43. The summed E-state index contributed by atoms with van der Waals surface area (Å²) in [5.74, 6) is 0.0579. The normalized spacial score (nSPS) is 10.8. The van der Waals surface area contributed by atoms with Crippen LogP contribution in [0.3, 0.4) is 0 Å². The third-order valence-corrected chi connectivity index (χ3v) is 5.61. The van der Waals surface area contributed by atoms with Crippen molar-refractivity contribution in [3.05, 3.63) is 99.3 Å². The lowest BCUT2D eigenvalue weighted by molar-refractivity contribution is 0.0992. The number of H-pyrrole nitrogens is 1. The van der Waals surface area contributed by atoms with Crippen molar-refractivity contribution < 1.29 is 4.79 Å². The zero-order valence-electron chi connectivity index (χ0n) is 15.7. The number of fused-ring (bicyclic) bond motifs is 1. The van der Waals surface area contributed by atoms with Gasteiger partial charge in [0.25, 0.3) is 0 Å². The minimum absolute atomic E-state index is 0.0579. The molecule has 0 spiro atoms. The number of pyridine rings is 1. The van der Waals surface area contributed by atoms with Gasteiger partial charge in [0.15, 0.2) is 5.78 Å². The first-order valence-corrected chi connectivity index (χ1v) is 10.2. The summed E-state index contributed by atoms with van der Waals surface area (Å²) >= 11 is 3.44. The fraction of sp³-hybridized carbons (Fsp3) is 0.125. The van der Waals surface area contributed by atoms with Gasteiger partial charge in [0.1, 0.15) is 5.65 Å². The molecule has 5 heteroatoms. The summed E-state index contributed by atoms with van der Waals surface area (Å²) in [6.07, 6.45) is 3.63. The molecule has 0 unspecified atom stereocenters. The molecule has 0 radical (unpaired) electrons. The van der Waals surface area contributed by atoms with Crippen molar-refractivity contribution in [1.82, 2.24) is 9.97 Å². The molecule has 2 heterocycles. The lowest BCUT2D eigenvalue weighted by Crippen LogP contribution is -2.04. The Morgan fingerprint density at radius 1 is 1.07 bits per heavy atom. The Hall–Kier alpha value is -3.23. The molecule has 2 aromatic carbocycles. The van der Waals surface area contributed by atoms with Crippen molar-refractivity contribution in [2.45, 2.75) is 19.3 Å². The predicted molar refractivity (Wildman–Crippen MR) is 117 cm³/mol. The molecule has 4 aromatic rings. The van der Waals surface area contributed by atoms with Gasteiger partial charge in [-0.05, 0) is 48.2 Å². The standard InChI is InChI=1S/C24H18BrN3O/c25-22-8-4-3-7-21(22)23(29)12-16-11-19-13-20(28-24(19)27-15-16)10-9-17-5-1-2-6-18(17)14-26/h1-8,11,13,15H,9-10,12H2,(H,27,28). The number of hydrogen-bond donors (Lipinski definition) is 1. The summed E-state index contributed by atoms with van der Waals surface area (Å²) in [6.45, 7) is 0. The largest absolute Gasteiger partial charge is 0.343 e. The topological polar surface area (TPSA) is 69.5 Å². The second kappa shape index (κ2) is 8.42. The molecule has 0 fully saturated rings. The zero-order valence-corrected chi connectivity index (χ0v) is 17.2. The Labute approximate surface area is 177 Å². The summed E-state index contributed by atoms with van der Waals surface area (Å²) < 4.78 is 0.806. The van der Waals surface area contributed by atoms with E-state index in [-0.39, 0.29) is 5.78 Å². The van der Waals surface area contributed by atoms with Crippen LogP contribution >= 0.6 is 15.9 Å². The molecular weight excluding hydrogens is 426 g/mol. The number of carbonyl (C=O) groups is 1. The van der Waals surface area contributed by atoms with Gasteiger partial charge in [-0.1, -0.05) is 52.3 Å². The first-order valence-electron chi connectivity index (χ1n) is 9.36. The van der Waals surface area contributed by atoms with Crippen molar-refractivity contribution in [2.24, 2.45) is 0 Å². The van der Waals surface area contributed by atoms with Gasteiger partial charge in [-0.25, -0.2) is 4.98 Å². The second-order valence-electron chi connectivity index (χ2n) is 6.92. The number of nitrogens with one attached hydrogen (secondary N) is 1. The molecule has 0 saturated heterocycles. The first kappa shape index (κ1) is 19.1. The predicted octanol–water partition coefficient (Wildman–Crippen LogP) is 5.41. The number of benzene rings is 2. The Bertz CT molecular complexity index is 1240. The summed E-state index contributed by atoms with van der Waals surface area (Å²) in [5.41, 5.74) is 5.20. The summed E-state index contributed by atoms with van der Waals surface area (Å²) in [4.78, 5) is 20.4. The average molecular weight is 444 g/mol. The van der Waals surface area contributed by atoms with Crippen LogP contribution in [0.5, 0.6) is 0 Å². The van der Waals surface area contributed by atoms with Crippen molar-refractivity contribution in [1.29, 1.82) is 5.26 Å². The second-order valence-corrected chi connectivity index (χ2v) is 7.78. The van der Waals surface area contributed by atoms with Crippen molar-refractivity contribution >= 4 is 32.7 Å². The zero-order chi connectivity index (χ0) is 20.2. The van der Waals surface area contributed by atoms with E-state index in [4.69, 9.17) is 0 Å². The van der Waals surface area contributed by atoms with E-state index in [1.54, 1.807) is 6.20 Å². The number of aromatic amines is 1. The highest BCUT2D eigenvalue weighted by Crippen LogP contribution is 2.21. The van der Waals surface area contributed by atoms with Crippen LogP contribution in [0, 0.1) is 11.3 Å². The number of aromatic nitrogens is 2. The van der Waals surface area contributed by atoms with Gasteiger partial charge < -0.3 is 4.98 Å². The van der Waals surface area contributed by atoms with E-state index in [9.17, 15) is 10.1 Å². The van der Waals surface area contributed by atoms with Crippen molar-refractivity contribution in [2.75, 3.05) is 0 Å². The van der Waals surface area contributed by atoms with Gasteiger partial charge in [0, 0.05) is 33.7 Å². The Balaban J connectivity index is 1.50. The third-order valence-electron chi connectivity index (χ3n) is 4.92. The van der Waals surface area contributed by atoms with Gasteiger partial charge in [-0.15, -0.1) is 0 Å². The fourth-order valence-corrected chi connectivity index (χ4v) is 3.94. The number of Topliss-reactive ketones (excluding diaryl/α,β-unsaturated/α-hetero) is 1. The van der Waals surface area contributed by atoms with Crippen LogP contribution in [0.4, 0.5) is 0 Å². The summed E-state index contributed by atoms with van der Waals surface area (Å²) in [7, 11) is 0. The molecule has 0 aliphatic carbocycles. The monoisotopic (exact) mass is 443 g/mol. The molecule has 1 N–H and O–H groups in total. The lowest BCUT2D eigenvalue weighted by atomic mass is 10.0. The highest BCUT2D eigenvalue weighted by Gasteiger charge is 2.12. The van der Waals surface area contributed by atoms with E-state index in [1.807, 2.05) is 54.6 Å². The SMILES string of the molecule is N#Cc1ccccc1CCc1cc2cc(CC(=O)c3ccccc3Br)cnc2[nH]1. The molecule has 4 rings (SSSR count). The van der Waals surface area contributed by atoms with E-state index >= 15 is 0 Å². The molecule has 29 heavy (non-hydrogen) atoms. The maximum absolute atomic E-state index is 12.6. The number of nitrogens with zero attached hydrogens (tertiary/aromatic N) is 2. The minimum atomic E-state index is 0.0579. The molecular formula is C24H18BrN3O. The summed E-state index contributed by atoms with van der Waals surface area (Å²) in [5, 5.41) is 10.2. The summed E-state index contributed by atoms with van der Waals surface area (Å²) in [6, 6.07) is 21.5. The quantitative estimate of drug-likeness (QED) is 0.405. The lowest BCUT2D eigenvalue weighted by Gasteiger charge is -2.03. The van der Waals surface area contributed by atoms with Crippen LogP contribution < -0.4 is 0 Å². The maximum atomic E-state index is 12.6. The van der Waals surface area contributed by atoms with Crippen LogP contribution in [0.1, 0.15) is 32.7 Å². The van der Waals surface area contributed by atoms with E-state index in [0.29, 0.717) is 12.0 Å². The average Bonchev–Trinajstić information content (AvgIpc) is 3.15. The number of hydrogen-bond acceptors (Lipinski definition) is 3. The number of aryl methyl sites for hydroxylation is 2. The molecule has 0 amide bonds. The number of rotatable bonds is 6. The number of carbonyl (C=O) groups excluding carboxylic acids is 1. The van der Waals surface area contributed by atoms with Crippen LogP contribution in [0.15, 0.2) is 71.3 Å². The van der Waals surface area contributed by atoms with E-state index in [2.05, 4.69) is 38.0 Å². The van der Waals surface area contributed by atoms with Crippen LogP contribution in [0.25, 0.3) is 11.0 Å². The van der Waals surface area contributed by atoms with Gasteiger partial charge in [-0.3, -0.25) is 4.79 Å². The molecule has 0 saturated carbocycles. The van der Waals surface area contributed by atoms with Gasteiger partial charge in [-0.2, -0.15) is 5.26 Å². The molecule has 2 aromatic heterocycles. The smallest absolute Gasteiger partial charge is 0.168 e. The first-order chi connectivity index (χ1) is 14.1. The molecule has 0 atom stereocenters. The Kier molecular flexibility index (Phi) is 5.55. The molecule has 0 bridgehead atoms. The van der Waals surface area contributed by atoms with Crippen LogP contribution in [0.2, 0.25) is 0 Å². The minimum Gasteiger partial charge on any atom is -0.343 e. The molecule has 4 nitrogen and oxygen atoms in total. The van der Waals surface area contributed by atoms with E-state index in [1.165, 1.54) is 0 Å². The highest BCUT2D eigenvalue weighted by atomic mass is 79.9. The Morgan fingerprint density at radius 2 is 1.86 bits per heavy atom. The van der Waals surface area contributed by atoms with E-state index in [0.717, 1.165) is 50.7 Å². The Morgan fingerprint density at radius 3 is 2.69 bits per heavy atom. The number of halogens is 1. The number of nitriles is 1.